The Kier molecular flexibility index (Phi) is 7.51. The van der Waals surface area contributed by atoms with Gasteiger partial charge in [-0.1, -0.05) is 38.8 Å². The van der Waals surface area contributed by atoms with E-state index in [2.05, 4.69) is 43.0 Å². The summed E-state index contributed by atoms with van der Waals surface area (Å²) in [6.07, 6.45) is 5.71. The van der Waals surface area contributed by atoms with E-state index in [-0.39, 0.29) is 6.61 Å². The highest BCUT2D eigenvalue weighted by molar-refractivity contribution is 5.48. The number of anilines is 1. The molecule has 1 N–H and O–H groups in total. The zero-order valence-electron chi connectivity index (χ0n) is 11.9. The van der Waals surface area contributed by atoms with E-state index in [0.29, 0.717) is 0 Å². The summed E-state index contributed by atoms with van der Waals surface area (Å²) in [4.78, 5) is 2.48. The van der Waals surface area contributed by atoms with E-state index in [1.165, 1.54) is 36.9 Å². The first kappa shape index (κ1) is 15.0. The molecule has 0 aliphatic rings. The van der Waals surface area contributed by atoms with Gasteiger partial charge in [0.1, 0.15) is 0 Å². The van der Waals surface area contributed by atoms with Gasteiger partial charge in [-0.25, -0.2) is 0 Å². The zero-order chi connectivity index (χ0) is 13.2. The highest BCUT2D eigenvalue weighted by Crippen LogP contribution is 2.18. The molecular formula is C16H27NO. The van der Waals surface area contributed by atoms with Gasteiger partial charge in [0.05, 0.1) is 0 Å². The van der Waals surface area contributed by atoms with Crippen molar-refractivity contribution in [1.82, 2.24) is 0 Å². The van der Waals surface area contributed by atoms with Gasteiger partial charge in [0.15, 0.2) is 0 Å². The third kappa shape index (κ3) is 5.09. The third-order valence-corrected chi connectivity index (χ3v) is 3.24. The molecule has 1 aromatic rings. The lowest BCUT2D eigenvalue weighted by atomic mass is 10.1. The minimum absolute atomic E-state index is 0.230. The van der Waals surface area contributed by atoms with Crippen molar-refractivity contribution < 1.29 is 5.11 Å². The number of nitrogens with zero attached hydrogens (tertiary/aromatic N) is 1. The fraction of sp³-hybridized carbons (Fsp3) is 0.625. The van der Waals surface area contributed by atoms with E-state index < -0.39 is 0 Å². The van der Waals surface area contributed by atoms with Crippen LogP contribution < -0.4 is 4.90 Å². The predicted molar refractivity (Wildman–Crippen MR) is 79.3 cm³/mol. The molecule has 0 bridgehead atoms. The molecule has 2 heteroatoms. The molecular weight excluding hydrogens is 222 g/mol. The fourth-order valence-corrected chi connectivity index (χ4v) is 2.11. The summed E-state index contributed by atoms with van der Waals surface area (Å²) in [7, 11) is 0. The molecule has 0 unspecified atom stereocenters. The van der Waals surface area contributed by atoms with Crippen molar-refractivity contribution in [3.8, 4) is 0 Å². The number of hydrogen-bond donors (Lipinski definition) is 1. The first-order valence-electron chi connectivity index (χ1n) is 7.26. The Hall–Kier alpha value is -1.02. The Morgan fingerprint density at radius 3 is 2.28 bits per heavy atom. The second kappa shape index (κ2) is 8.98. The van der Waals surface area contributed by atoms with Gasteiger partial charge in [-0.05, 0) is 37.0 Å². The van der Waals surface area contributed by atoms with Gasteiger partial charge >= 0.3 is 0 Å². The number of benzene rings is 1. The third-order valence-electron chi connectivity index (χ3n) is 3.24. The highest BCUT2D eigenvalue weighted by atomic mass is 16.2. The summed E-state index contributed by atoms with van der Waals surface area (Å²) < 4.78 is 0. The van der Waals surface area contributed by atoms with Crippen LogP contribution in [0.1, 0.15) is 45.1 Å². The molecule has 0 amide bonds. The maximum atomic E-state index is 9.02. The number of hydrogen-bond acceptors (Lipinski definition) is 2. The molecule has 0 spiro atoms. The van der Waals surface area contributed by atoms with Crippen LogP contribution in [0.15, 0.2) is 24.3 Å². The molecule has 0 aliphatic carbocycles. The monoisotopic (exact) mass is 249 g/mol. The molecule has 0 aliphatic heterocycles. The molecule has 2 nitrogen and oxygen atoms in total. The van der Waals surface area contributed by atoms with Crippen molar-refractivity contribution in [3.05, 3.63) is 29.8 Å². The zero-order valence-corrected chi connectivity index (χ0v) is 11.9. The van der Waals surface area contributed by atoms with Crippen molar-refractivity contribution in [2.75, 3.05) is 24.6 Å². The van der Waals surface area contributed by atoms with Crippen LogP contribution in [0.25, 0.3) is 0 Å². The predicted octanol–water partition coefficient (Wildman–Crippen LogP) is 3.63. The lowest BCUT2D eigenvalue weighted by Crippen LogP contribution is -2.25. The van der Waals surface area contributed by atoms with Crippen molar-refractivity contribution in [1.29, 1.82) is 0 Å². The molecule has 1 rings (SSSR count). The van der Waals surface area contributed by atoms with Crippen molar-refractivity contribution >= 4 is 5.69 Å². The van der Waals surface area contributed by atoms with E-state index in [9.17, 15) is 0 Å². The minimum atomic E-state index is 0.230. The van der Waals surface area contributed by atoms with Crippen LogP contribution in [0.3, 0.4) is 0 Å². The maximum Gasteiger partial charge on any atom is 0.0471 e. The molecule has 1 aromatic carbocycles. The Morgan fingerprint density at radius 1 is 1.06 bits per heavy atom. The van der Waals surface area contributed by atoms with Crippen LogP contribution in [-0.4, -0.2) is 24.8 Å². The quantitative estimate of drug-likeness (QED) is 0.722. The lowest BCUT2D eigenvalue weighted by Gasteiger charge is -2.25. The first-order valence-corrected chi connectivity index (χ1v) is 7.26. The van der Waals surface area contributed by atoms with Crippen molar-refractivity contribution in [3.63, 3.8) is 0 Å². The Balaban J connectivity index is 2.72. The second-order valence-corrected chi connectivity index (χ2v) is 4.84. The van der Waals surface area contributed by atoms with Crippen LogP contribution in [0.4, 0.5) is 5.69 Å². The van der Waals surface area contributed by atoms with E-state index in [1.54, 1.807) is 0 Å². The van der Waals surface area contributed by atoms with Crippen LogP contribution in [-0.2, 0) is 6.42 Å². The average Bonchev–Trinajstić information content (AvgIpc) is 2.40. The number of aliphatic hydroxyl groups is 1. The lowest BCUT2D eigenvalue weighted by molar-refractivity contribution is 0.299. The van der Waals surface area contributed by atoms with Gasteiger partial charge in [0.25, 0.3) is 0 Å². The largest absolute Gasteiger partial charge is 0.396 e. The van der Waals surface area contributed by atoms with Gasteiger partial charge in [-0.2, -0.15) is 0 Å². The Labute approximate surface area is 112 Å². The number of unbranched alkanes of at least 4 members (excludes halogenated alkanes) is 2. The van der Waals surface area contributed by atoms with Crippen LogP contribution in [0.2, 0.25) is 0 Å². The molecule has 0 heterocycles. The first-order chi connectivity index (χ1) is 8.81. The molecule has 0 radical (unpaired) electrons. The van der Waals surface area contributed by atoms with E-state index in [1.807, 2.05) is 0 Å². The van der Waals surface area contributed by atoms with Crippen LogP contribution >= 0.6 is 0 Å². The van der Waals surface area contributed by atoms with Crippen molar-refractivity contribution in [2.24, 2.45) is 0 Å². The Morgan fingerprint density at radius 2 is 1.72 bits per heavy atom. The van der Waals surface area contributed by atoms with E-state index in [0.717, 1.165) is 19.5 Å². The smallest absolute Gasteiger partial charge is 0.0471 e. The molecule has 0 aromatic heterocycles. The van der Waals surface area contributed by atoms with Gasteiger partial charge in [0, 0.05) is 25.4 Å². The highest BCUT2D eigenvalue weighted by Gasteiger charge is 2.06. The molecule has 18 heavy (non-hydrogen) atoms. The van der Waals surface area contributed by atoms with Gasteiger partial charge in [0.2, 0.25) is 0 Å². The minimum Gasteiger partial charge on any atom is -0.396 e. The standard InChI is InChI=1S/C16H27NO/c1-3-5-11-17(12-6-4-2)16-9-7-8-15(14-16)10-13-18/h7-9,14,18H,3-6,10-13H2,1-2H3. The molecule has 0 fully saturated rings. The number of aliphatic hydroxyl groups excluding tert-OH is 1. The average molecular weight is 249 g/mol. The Bertz CT molecular complexity index is 317. The fourth-order valence-electron chi connectivity index (χ4n) is 2.11. The summed E-state index contributed by atoms with van der Waals surface area (Å²) in [6, 6.07) is 8.61. The molecule has 0 saturated heterocycles. The maximum absolute atomic E-state index is 9.02. The topological polar surface area (TPSA) is 23.5 Å². The number of rotatable bonds is 9. The normalized spacial score (nSPS) is 10.6. The van der Waals surface area contributed by atoms with Crippen molar-refractivity contribution in [2.45, 2.75) is 46.0 Å². The van der Waals surface area contributed by atoms with Gasteiger partial charge in [-0.15, -0.1) is 0 Å². The SMILES string of the molecule is CCCCN(CCCC)c1cccc(CCO)c1. The molecule has 0 atom stereocenters. The van der Waals surface area contributed by atoms with Gasteiger partial charge < -0.3 is 10.0 Å². The summed E-state index contributed by atoms with van der Waals surface area (Å²) in [6.45, 7) is 6.98. The van der Waals surface area contributed by atoms with E-state index in [4.69, 9.17) is 5.11 Å². The molecule has 102 valence electrons. The second-order valence-electron chi connectivity index (χ2n) is 4.84. The summed E-state index contributed by atoms with van der Waals surface area (Å²) >= 11 is 0. The summed E-state index contributed by atoms with van der Waals surface area (Å²) in [5.41, 5.74) is 2.54. The van der Waals surface area contributed by atoms with E-state index >= 15 is 0 Å². The summed E-state index contributed by atoms with van der Waals surface area (Å²) in [5.74, 6) is 0. The van der Waals surface area contributed by atoms with Crippen LogP contribution in [0.5, 0.6) is 0 Å². The van der Waals surface area contributed by atoms with Crippen LogP contribution in [0, 0.1) is 0 Å². The molecule has 0 saturated carbocycles. The summed E-state index contributed by atoms with van der Waals surface area (Å²) in [5, 5.41) is 9.02. The van der Waals surface area contributed by atoms with Gasteiger partial charge in [-0.3, -0.25) is 0 Å².